The lowest BCUT2D eigenvalue weighted by Gasteiger charge is -2.26. The smallest absolute Gasteiger partial charge is 0.269 e. The lowest BCUT2D eigenvalue weighted by atomic mass is 10.1. The van der Waals surface area contributed by atoms with Gasteiger partial charge in [0.25, 0.3) is 11.6 Å². The van der Waals surface area contributed by atoms with Crippen molar-refractivity contribution in [2.24, 2.45) is 0 Å². The van der Waals surface area contributed by atoms with E-state index in [9.17, 15) is 14.9 Å². The quantitative estimate of drug-likeness (QED) is 0.306. The predicted octanol–water partition coefficient (Wildman–Crippen LogP) is 3.64. The molecule has 1 amide bonds. The highest BCUT2D eigenvalue weighted by atomic mass is 32.2. The van der Waals surface area contributed by atoms with Crippen LogP contribution in [-0.4, -0.2) is 56.8 Å². The molecule has 1 aromatic heterocycles. The molecule has 1 aliphatic rings. The number of thioether (sulfide) groups is 1. The third kappa shape index (κ3) is 4.81. The Kier molecular flexibility index (Phi) is 6.81. The molecule has 1 saturated heterocycles. The molecule has 0 atom stereocenters. The molecule has 10 heteroatoms. The van der Waals surface area contributed by atoms with Gasteiger partial charge in [0.15, 0.2) is 11.0 Å². The van der Waals surface area contributed by atoms with Crippen LogP contribution in [0.4, 0.5) is 5.69 Å². The molecule has 1 aliphatic heterocycles. The summed E-state index contributed by atoms with van der Waals surface area (Å²) in [5.41, 5.74) is 2.58. The van der Waals surface area contributed by atoms with E-state index in [0.29, 0.717) is 50.0 Å². The van der Waals surface area contributed by atoms with E-state index in [-0.39, 0.29) is 11.6 Å². The largest absolute Gasteiger partial charge is 0.378 e. The summed E-state index contributed by atoms with van der Waals surface area (Å²) in [5.74, 6) is 1.40. The maximum atomic E-state index is 12.6. The van der Waals surface area contributed by atoms with Crippen molar-refractivity contribution >= 4 is 23.4 Å². The fourth-order valence-electron chi connectivity index (χ4n) is 3.47. The van der Waals surface area contributed by atoms with Crippen LogP contribution in [0.5, 0.6) is 0 Å². The number of hydrogen-bond donors (Lipinski definition) is 0. The second kappa shape index (κ2) is 9.92. The summed E-state index contributed by atoms with van der Waals surface area (Å²) in [7, 11) is 0. The molecule has 0 N–H and O–H groups in total. The first-order valence-corrected chi connectivity index (χ1v) is 11.3. The van der Waals surface area contributed by atoms with Gasteiger partial charge < -0.3 is 14.2 Å². The second-order valence-corrected chi connectivity index (χ2v) is 8.19. The van der Waals surface area contributed by atoms with Gasteiger partial charge in [0.1, 0.15) is 0 Å². The van der Waals surface area contributed by atoms with E-state index in [1.807, 2.05) is 40.7 Å². The van der Waals surface area contributed by atoms with Gasteiger partial charge in [0.2, 0.25) is 0 Å². The number of non-ortho nitro benzene ring substituents is 1. The van der Waals surface area contributed by atoms with Crippen LogP contribution in [0.1, 0.15) is 22.8 Å². The van der Waals surface area contributed by atoms with Crippen LogP contribution in [0.15, 0.2) is 53.7 Å². The Morgan fingerprint density at radius 1 is 1.09 bits per heavy atom. The number of rotatable bonds is 7. The van der Waals surface area contributed by atoms with Gasteiger partial charge >= 0.3 is 0 Å². The number of carbonyl (C=O) groups is 1. The van der Waals surface area contributed by atoms with Gasteiger partial charge in [-0.1, -0.05) is 23.9 Å². The molecule has 0 bridgehead atoms. The summed E-state index contributed by atoms with van der Waals surface area (Å²) in [6.45, 7) is 5.10. The summed E-state index contributed by atoms with van der Waals surface area (Å²) in [5, 5.41) is 20.3. The van der Waals surface area contributed by atoms with E-state index in [0.717, 1.165) is 16.3 Å². The molecule has 3 aromatic rings. The molecule has 4 rings (SSSR count). The monoisotopic (exact) mass is 453 g/mol. The first kappa shape index (κ1) is 22.0. The molecule has 166 valence electrons. The molecule has 0 radical (unpaired) electrons. The molecular weight excluding hydrogens is 430 g/mol. The van der Waals surface area contributed by atoms with Crippen LogP contribution < -0.4 is 0 Å². The van der Waals surface area contributed by atoms with Crippen LogP contribution in [0.2, 0.25) is 0 Å². The number of benzene rings is 2. The van der Waals surface area contributed by atoms with Gasteiger partial charge in [-0.3, -0.25) is 14.9 Å². The minimum atomic E-state index is -0.421. The third-order valence-corrected chi connectivity index (χ3v) is 6.27. The van der Waals surface area contributed by atoms with Crippen LogP contribution in [0.3, 0.4) is 0 Å². The zero-order chi connectivity index (χ0) is 22.5. The molecule has 2 heterocycles. The lowest BCUT2D eigenvalue weighted by Crippen LogP contribution is -2.40. The molecule has 0 spiro atoms. The number of hydrogen-bond acceptors (Lipinski definition) is 7. The molecule has 0 aliphatic carbocycles. The van der Waals surface area contributed by atoms with Crippen molar-refractivity contribution < 1.29 is 14.5 Å². The summed E-state index contributed by atoms with van der Waals surface area (Å²) < 4.78 is 7.29. The second-order valence-electron chi connectivity index (χ2n) is 7.24. The van der Waals surface area contributed by atoms with Crippen molar-refractivity contribution in [1.29, 1.82) is 0 Å². The first-order valence-electron chi connectivity index (χ1n) is 10.3. The van der Waals surface area contributed by atoms with Gasteiger partial charge in [0, 0.05) is 48.6 Å². The van der Waals surface area contributed by atoms with Gasteiger partial charge in [-0.05, 0) is 36.8 Å². The van der Waals surface area contributed by atoms with Crippen molar-refractivity contribution in [2.45, 2.75) is 24.4 Å². The first-order chi connectivity index (χ1) is 15.6. The predicted molar refractivity (Wildman–Crippen MR) is 121 cm³/mol. The summed E-state index contributed by atoms with van der Waals surface area (Å²) in [6.07, 6.45) is 0. The highest BCUT2D eigenvalue weighted by Gasteiger charge is 2.19. The number of nitrogens with zero attached hydrogens (tertiary/aromatic N) is 5. The maximum Gasteiger partial charge on any atom is 0.269 e. The van der Waals surface area contributed by atoms with Crippen LogP contribution in [-0.2, 0) is 17.0 Å². The van der Waals surface area contributed by atoms with Crippen molar-refractivity contribution in [3.05, 3.63) is 69.8 Å². The molecule has 0 unspecified atom stereocenters. The molecule has 0 saturated carbocycles. The van der Waals surface area contributed by atoms with Crippen LogP contribution in [0, 0.1) is 10.1 Å². The molecule has 1 fully saturated rings. The Bertz CT molecular complexity index is 1090. The topological polar surface area (TPSA) is 103 Å². The van der Waals surface area contributed by atoms with Crippen LogP contribution in [0.25, 0.3) is 11.4 Å². The van der Waals surface area contributed by atoms with E-state index in [4.69, 9.17) is 4.74 Å². The number of carbonyl (C=O) groups excluding carboxylic acids is 1. The Balaban J connectivity index is 1.42. The molecule has 32 heavy (non-hydrogen) atoms. The zero-order valence-corrected chi connectivity index (χ0v) is 18.5. The van der Waals surface area contributed by atoms with E-state index < -0.39 is 4.92 Å². The lowest BCUT2D eigenvalue weighted by molar-refractivity contribution is -0.384. The SMILES string of the molecule is CCn1c(SCc2ccc(C(=O)N3CCOCC3)cc2)nnc1-c1ccc([N+](=O)[O-])cc1. The van der Waals surface area contributed by atoms with E-state index in [2.05, 4.69) is 10.2 Å². The van der Waals surface area contributed by atoms with Crippen molar-refractivity contribution in [2.75, 3.05) is 26.3 Å². The number of amides is 1. The number of ether oxygens (including phenoxy) is 1. The molecule has 9 nitrogen and oxygen atoms in total. The summed E-state index contributed by atoms with van der Waals surface area (Å²) in [6, 6.07) is 14.0. The van der Waals surface area contributed by atoms with Gasteiger partial charge in [0.05, 0.1) is 18.1 Å². The average Bonchev–Trinajstić information content (AvgIpc) is 3.26. The van der Waals surface area contributed by atoms with E-state index in [1.54, 1.807) is 23.9 Å². The van der Waals surface area contributed by atoms with Gasteiger partial charge in [-0.2, -0.15) is 0 Å². The van der Waals surface area contributed by atoms with Crippen molar-refractivity contribution in [3.8, 4) is 11.4 Å². The van der Waals surface area contributed by atoms with Crippen LogP contribution >= 0.6 is 11.8 Å². The minimum absolute atomic E-state index is 0.0333. The Morgan fingerprint density at radius 2 is 1.78 bits per heavy atom. The summed E-state index contributed by atoms with van der Waals surface area (Å²) in [4.78, 5) is 24.8. The van der Waals surface area contributed by atoms with Gasteiger partial charge in [-0.25, -0.2) is 0 Å². The van der Waals surface area contributed by atoms with E-state index >= 15 is 0 Å². The normalized spacial score (nSPS) is 13.8. The third-order valence-electron chi connectivity index (χ3n) is 5.24. The fraction of sp³-hybridized carbons (Fsp3) is 0.318. The Hall–Kier alpha value is -3.24. The number of nitro groups is 1. The number of morpholine rings is 1. The fourth-order valence-corrected chi connectivity index (χ4v) is 4.42. The van der Waals surface area contributed by atoms with Crippen molar-refractivity contribution in [3.63, 3.8) is 0 Å². The molecule has 2 aromatic carbocycles. The molecular formula is C22H23N5O4S. The highest BCUT2D eigenvalue weighted by Crippen LogP contribution is 2.27. The standard InChI is InChI=1S/C22H23N5O4S/c1-2-26-20(17-7-9-19(10-8-17)27(29)30)23-24-22(26)32-15-16-3-5-18(6-4-16)21(28)25-11-13-31-14-12-25/h3-10H,2,11-15H2,1H3. The van der Waals surface area contributed by atoms with Crippen molar-refractivity contribution in [1.82, 2.24) is 19.7 Å². The maximum absolute atomic E-state index is 12.6. The zero-order valence-electron chi connectivity index (χ0n) is 17.6. The van der Waals surface area contributed by atoms with E-state index in [1.165, 1.54) is 12.1 Å². The highest BCUT2D eigenvalue weighted by molar-refractivity contribution is 7.98. The number of aromatic nitrogens is 3. The minimum Gasteiger partial charge on any atom is -0.378 e. The Morgan fingerprint density at radius 3 is 2.41 bits per heavy atom. The Labute approximate surface area is 189 Å². The number of nitro benzene ring substituents is 1. The summed E-state index contributed by atoms with van der Waals surface area (Å²) >= 11 is 1.56. The average molecular weight is 454 g/mol. The van der Waals surface area contributed by atoms with Gasteiger partial charge in [-0.15, -0.1) is 10.2 Å².